The van der Waals surface area contributed by atoms with Gasteiger partial charge in [0.25, 0.3) is 11.6 Å². The summed E-state index contributed by atoms with van der Waals surface area (Å²) in [5.74, 6) is -0.573. The highest BCUT2D eigenvalue weighted by Gasteiger charge is 2.13. The van der Waals surface area contributed by atoms with Gasteiger partial charge < -0.3 is 4.74 Å². The van der Waals surface area contributed by atoms with Gasteiger partial charge in [-0.2, -0.15) is 0 Å². The van der Waals surface area contributed by atoms with E-state index in [9.17, 15) is 19.3 Å². The molecule has 0 aliphatic rings. The summed E-state index contributed by atoms with van der Waals surface area (Å²) in [4.78, 5) is 26.2. The van der Waals surface area contributed by atoms with E-state index in [4.69, 9.17) is 4.74 Å². The van der Waals surface area contributed by atoms with Gasteiger partial charge in [0, 0.05) is 11.6 Å². The molecule has 0 bridgehead atoms. The molecular weight excluding hydrogens is 349 g/mol. The Labute approximate surface area is 145 Å². The fourth-order valence-electron chi connectivity index (χ4n) is 2.20. The maximum absolute atomic E-state index is 13.6. The second-order valence-corrected chi connectivity index (χ2v) is 6.18. The molecule has 9 heteroatoms. The van der Waals surface area contributed by atoms with Crippen LogP contribution in [0.25, 0.3) is 10.2 Å². The number of nitro benzene ring substituents is 1. The molecule has 1 amide bonds. The van der Waals surface area contributed by atoms with E-state index in [2.05, 4.69) is 10.3 Å². The lowest BCUT2D eigenvalue weighted by atomic mass is 10.2. The highest BCUT2D eigenvalue weighted by Crippen LogP contribution is 2.27. The Hall–Kier alpha value is -3.07. The molecule has 0 atom stereocenters. The third-order valence-electron chi connectivity index (χ3n) is 3.35. The van der Waals surface area contributed by atoms with E-state index in [0.29, 0.717) is 16.0 Å². The minimum absolute atomic E-state index is 0.0201. The van der Waals surface area contributed by atoms with Gasteiger partial charge in [0.1, 0.15) is 17.1 Å². The highest BCUT2D eigenvalue weighted by atomic mass is 32.1. The second-order valence-electron chi connectivity index (χ2n) is 5.15. The number of rotatable bonds is 5. The Morgan fingerprint density at radius 1 is 1.40 bits per heavy atom. The molecule has 1 aromatic heterocycles. The van der Waals surface area contributed by atoms with Crippen LogP contribution in [0, 0.1) is 22.9 Å². The van der Waals surface area contributed by atoms with Crippen molar-refractivity contribution in [3.05, 3.63) is 57.9 Å². The van der Waals surface area contributed by atoms with Gasteiger partial charge in [-0.15, -0.1) is 0 Å². The van der Waals surface area contributed by atoms with Crippen molar-refractivity contribution in [2.75, 3.05) is 11.9 Å². The number of para-hydroxylation sites is 1. The first kappa shape index (κ1) is 16.8. The lowest BCUT2D eigenvalue weighted by Gasteiger charge is -2.06. The molecule has 1 N–H and O–H groups in total. The Balaban J connectivity index is 1.63. The molecule has 0 saturated carbocycles. The summed E-state index contributed by atoms with van der Waals surface area (Å²) < 4.78 is 19.5. The summed E-state index contributed by atoms with van der Waals surface area (Å²) in [7, 11) is 0. The van der Waals surface area contributed by atoms with Gasteiger partial charge in [0.05, 0.1) is 9.62 Å². The van der Waals surface area contributed by atoms with Crippen molar-refractivity contribution < 1.29 is 18.8 Å². The van der Waals surface area contributed by atoms with Crippen LogP contribution in [0.3, 0.4) is 0 Å². The number of anilines is 1. The third kappa shape index (κ3) is 3.72. The number of carbonyl (C=O) groups excluding carboxylic acids is 1. The molecule has 1 heterocycles. The molecule has 0 saturated heterocycles. The second kappa shape index (κ2) is 6.81. The Morgan fingerprint density at radius 3 is 2.88 bits per heavy atom. The normalized spacial score (nSPS) is 10.6. The van der Waals surface area contributed by atoms with Crippen LogP contribution in [0.4, 0.5) is 15.2 Å². The number of hydrogen-bond donors (Lipinski definition) is 1. The average molecular weight is 361 g/mol. The number of nitrogens with one attached hydrogen (secondary N) is 1. The molecule has 0 fully saturated rings. The van der Waals surface area contributed by atoms with E-state index in [1.165, 1.54) is 24.3 Å². The molecule has 0 aliphatic carbocycles. The zero-order chi connectivity index (χ0) is 18.0. The van der Waals surface area contributed by atoms with Crippen molar-refractivity contribution in [2.24, 2.45) is 0 Å². The first-order chi connectivity index (χ1) is 11.9. The fourth-order valence-corrected chi connectivity index (χ4v) is 3.09. The number of ether oxygens (including phenoxy) is 1. The Morgan fingerprint density at radius 2 is 2.20 bits per heavy atom. The number of halogens is 1. The summed E-state index contributed by atoms with van der Waals surface area (Å²) in [5, 5.41) is 13.6. The van der Waals surface area contributed by atoms with E-state index in [1.54, 1.807) is 19.1 Å². The van der Waals surface area contributed by atoms with Gasteiger partial charge >= 0.3 is 0 Å². The third-order valence-corrected chi connectivity index (χ3v) is 4.29. The summed E-state index contributed by atoms with van der Waals surface area (Å²) in [6.45, 7) is 1.29. The van der Waals surface area contributed by atoms with Gasteiger partial charge in [-0.1, -0.05) is 17.4 Å². The number of benzene rings is 2. The summed E-state index contributed by atoms with van der Waals surface area (Å²) >= 11 is 1.16. The van der Waals surface area contributed by atoms with Crippen LogP contribution in [0.5, 0.6) is 5.75 Å². The van der Waals surface area contributed by atoms with Crippen molar-refractivity contribution in [1.82, 2.24) is 4.98 Å². The maximum atomic E-state index is 13.6. The molecule has 25 heavy (non-hydrogen) atoms. The topological polar surface area (TPSA) is 94.4 Å². The van der Waals surface area contributed by atoms with Gasteiger partial charge in [-0.3, -0.25) is 20.2 Å². The van der Waals surface area contributed by atoms with Crippen molar-refractivity contribution in [2.45, 2.75) is 6.92 Å². The molecule has 3 rings (SSSR count). The number of nitrogens with zero attached hydrogens (tertiary/aromatic N) is 2. The molecule has 0 unspecified atom stereocenters. The number of thiazole rings is 1. The summed E-state index contributed by atoms with van der Waals surface area (Å²) in [6.07, 6.45) is 0. The summed E-state index contributed by atoms with van der Waals surface area (Å²) in [6, 6.07) is 8.81. The molecule has 2 aromatic carbocycles. The molecule has 128 valence electrons. The monoisotopic (exact) mass is 361 g/mol. The van der Waals surface area contributed by atoms with E-state index in [-0.39, 0.29) is 22.9 Å². The number of fused-ring (bicyclic) bond motifs is 1. The predicted octanol–water partition coefficient (Wildman–Crippen LogP) is 3.67. The van der Waals surface area contributed by atoms with E-state index < -0.39 is 16.6 Å². The fraction of sp³-hybridized carbons (Fsp3) is 0.125. The largest absolute Gasteiger partial charge is 0.484 e. The van der Waals surface area contributed by atoms with E-state index in [1.807, 2.05) is 0 Å². The van der Waals surface area contributed by atoms with Gasteiger partial charge in [-0.05, 0) is 31.2 Å². The van der Waals surface area contributed by atoms with Crippen molar-refractivity contribution in [3.63, 3.8) is 0 Å². The predicted molar refractivity (Wildman–Crippen MR) is 91.5 cm³/mol. The molecule has 7 nitrogen and oxygen atoms in total. The van der Waals surface area contributed by atoms with Crippen molar-refractivity contribution in [1.29, 1.82) is 0 Å². The van der Waals surface area contributed by atoms with E-state index in [0.717, 1.165) is 11.3 Å². The highest BCUT2D eigenvalue weighted by molar-refractivity contribution is 7.22. The lowest BCUT2D eigenvalue weighted by molar-refractivity contribution is -0.385. The maximum Gasteiger partial charge on any atom is 0.272 e. The SMILES string of the molecule is Cc1cc(OCC(=O)Nc2nc3c(F)cccc3s2)ccc1[N+](=O)[O-]. The molecule has 0 aliphatic heterocycles. The lowest BCUT2D eigenvalue weighted by Crippen LogP contribution is -2.20. The van der Waals surface area contributed by atoms with Crippen molar-refractivity contribution in [3.8, 4) is 5.75 Å². The summed E-state index contributed by atoms with van der Waals surface area (Å²) in [5.41, 5.74) is 0.618. The quantitative estimate of drug-likeness (QED) is 0.553. The minimum Gasteiger partial charge on any atom is -0.484 e. The molecule has 0 radical (unpaired) electrons. The average Bonchev–Trinajstić information content (AvgIpc) is 2.96. The van der Waals surface area contributed by atoms with Crippen molar-refractivity contribution >= 4 is 38.3 Å². The number of amides is 1. The van der Waals surface area contributed by atoms with Gasteiger partial charge in [0.15, 0.2) is 11.7 Å². The Kier molecular flexibility index (Phi) is 4.57. The van der Waals surface area contributed by atoms with Crippen LogP contribution in [0.2, 0.25) is 0 Å². The number of nitro groups is 1. The first-order valence-corrected chi connectivity index (χ1v) is 7.98. The number of aryl methyl sites for hydroxylation is 1. The smallest absolute Gasteiger partial charge is 0.272 e. The molecule has 3 aromatic rings. The zero-order valence-electron chi connectivity index (χ0n) is 13.0. The Bertz CT molecular complexity index is 973. The standard InChI is InChI=1S/C16H12FN3O4S/c1-9-7-10(5-6-12(9)20(22)23)24-8-14(21)18-16-19-15-11(17)3-2-4-13(15)25-16/h2-7H,8H2,1H3,(H,18,19,21). The van der Waals surface area contributed by atoms with Crippen LogP contribution < -0.4 is 10.1 Å². The van der Waals surface area contributed by atoms with E-state index >= 15 is 0 Å². The van der Waals surface area contributed by atoms with Crippen LogP contribution in [0.1, 0.15) is 5.56 Å². The van der Waals surface area contributed by atoms with Crippen LogP contribution in [-0.2, 0) is 4.79 Å². The van der Waals surface area contributed by atoms with Crippen LogP contribution in [0.15, 0.2) is 36.4 Å². The number of hydrogen-bond acceptors (Lipinski definition) is 6. The minimum atomic E-state index is -0.488. The molecule has 0 spiro atoms. The van der Waals surface area contributed by atoms with Crippen LogP contribution >= 0.6 is 11.3 Å². The number of carbonyl (C=O) groups is 1. The first-order valence-electron chi connectivity index (χ1n) is 7.17. The number of aromatic nitrogens is 1. The van der Waals surface area contributed by atoms with Gasteiger partial charge in [-0.25, -0.2) is 9.37 Å². The molecular formula is C16H12FN3O4S. The van der Waals surface area contributed by atoms with Crippen LogP contribution in [-0.4, -0.2) is 22.4 Å². The van der Waals surface area contributed by atoms with Gasteiger partial charge in [0.2, 0.25) is 0 Å². The zero-order valence-corrected chi connectivity index (χ0v) is 13.8.